The van der Waals surface area contributed by atoms with Gasteiger partial charge in [-0.25, -0.2) is 4.98 Å². The fraction of sp³-hybridized carbons (Fsp3) is 0. The van der Waals surface area contributed by atoms with E-state index in [9.17, 15) is 0 Å². The lowest BCUT2D eigenvalue weighted by atomic mass is 10.6. The van der Waals surface area contributed by atoms with Crippen LogP contribution in [0.5, 0.6) is 0 Å². The summed E-state index contributed by atoms with van der Waals surface area (Å²) in [6.45, 7) is 0. The minimum absolute atomic E-state index is 0.199. The predicted octanol–water partition coefficient (Wildman–Crippen LogP) is 0.508. The van der Waals surface area contributed by atoms with E-state index >= 15 is 0 Å². The third-order valence-corrected chi connectivity index (χ3v) is 1.19. The van der Waals surface area contributed by atoms with Gasteiger partial charge in [0.2, 0.25) is 5.22 Å². The molecule has 0 radical (unpaired) electrons. The fourth-order valence-corrected chi connectivity index (χ4v) is 0.732. The normalized spacial score (nSPS) is 10.3. The van der Waals surface area contributed by atoms with E-state index in [4.69, 9.17) is 16.0 Å². The van der Waals surface area contributed by atoms with Gasteiger partial charge in [0.1, 0.15) is 0 Å². The van der Waals surface area contributed by atoms with E-state index in [1.807, 2.05) is 0 Å². The molecule has 0 bridgehead atoms. The highest BCUT2D eigenvalue weighted by molar-refractivity contribution is 6.28. The van der Waals surface area contributed by atoms with Crippen LogP contribution in [-0.4, -0.2) is 25.6 Å². The molecule has 0 aliphatic carbocycles. The Morgan fingerprint density at radius 2 is 2.45 bits per heavy atom. The van der Waals surface area contributed by atoms with Gasteiger partial charge in [0.15, 0.2) is 0 Å². The zero-order chi connectivity index (χ0) is 7.68. The van der Waals surface area contributed by atoms with Crippen molar-refractivity contribution in [1.82, 2.24) is 25.6 Å². The summed E-state index contributed by atoms with van der Waals surface area (Å²) in [5.74, 6) is 0.542. The van der Waals surface area contributed by atoms with Gasteiger partial charge >= 0.3 is 0 Å². The molecular formula is C4H2ClN5O. The number of H-pyrrole nitrogens is 1. The van der Waals surface area contributed by atoms with Crippen LogP contribution < -0.4 is 0 Å². The maximum absolute atomic E-state index is 5.46. The number of rotatable bonds is 1. The maximum Gasteiger partial charge on any atom is 0.270 e. The second kappa shape index (κ2) is 2.31. The molecule has 2 rings (SSSR count). The summed E-state index contributed by atoms with van der Waals surface area (Å²) in [4.78, 5) is 3.77. The Morgan fingerprint density at radius 3 is 3.00 bits per heavy atom. The van der Waals surface area contributed by atoms with E-state index in [0.29, 0.717) is 0 Å². The highest BCUT2D eigenvalue weighted by atomic mass is 35.5. The lowest BCUT2D eigenvalue weighted by Gasteiger charge is -1.79. The molecule has 0 saturated heterocycles. The summed E-state index contributed by atoms with van der Waals surface area (Å²) in [5, 5.41) is 13.1. The largest absolute Gasteiger partial charge is 0.422 e. The highest BCUT2D eigenvalue weighted by Crippen LogP contribution is 2.16. The van der Waals surface area contributed by atoms with Gasteiger partial charge in [-0.05, 0) is 16.8 Å². The molecule has 11 heavy (non-hydrogen) atoms. The van der Waals surface area contributed by atoms with E-state index in [-0.39, 0.29) is 16.9 Å². The molecule has 7 heteroatoms. The molecule has 56 valence electrons. The number of aromatic nitrogens is 5. The van der Waals surface area contributed by atoms with Crippen LogP contribution in [0, 0.1) is 0 Å². The predicted molar refractivity (Wildman–Crippen MR) is 34.7 cm³/mol. The first kappa shape index (κ1) is 6.29. The monoisotopic (exact) mass is 171 g/mol. The van der Waals surface area contributed by atoms with Crippen molar-refractivity contribution in [2.24, 2.45) is 0 Å². The van der Waals surface area contributed by atoms with Gasteiger partial charge in [0.25, 0.3) is 11.7 Å². The Kier molecular flexibility index (Phi) is 1.32. The number of nitrogens with one attached hydrogen (secondary N) is 1. The van der Waals surface area contributed by atoms with Crippen LogP contribution >= 0.6 is 11.6 Å². The van der Waals surface area contributed by atoms with Crippen molar-refractivity contribution in [3.8, 4) is 11.7 Å². The van der Waals surface area contributed by atoms with Crippen molar-refractivity contribution in [3.05, 3.63) is 11.4 Å². The van der Waals surface area contributed by atoms with Crippen LogP contribution in [0.1, 0.15) is 0 Å². The maximum atomic E-state index is 5.46. The molecule has 2 aromatic heterocycles. The molecule has 0 spiro atoms. The molecule has 0 amide bonds. The molecule has 2 aromatic rings. The van der Waals surface area contributed by atoms with Crippen LogP contribution in [0.4, 0.5) is 0 Å². The number of hydrogen-bond acceptors (Lipinski definition) is 5. The Balaban J connectivity index is 2.45. The van der Waals surface area contributed by atoms with Crippen molar-refractivity contribution in [3.63, 3.8) is 0 Å². The topological polar surface area (TPSA) is 80.5 Å². The van der Waals surface area contributed by atoms with Gasteiger partial charge in [0, 0.05) is 0 Å². The summed E-state index contributed by atoms with van der Waals surface area (Å²) in [5.41, 5.74) is 0. The van der Waals surface area contributed by atoms with Gasteiger partial charge in [0.05, 0.1) is 6.20 Å². The Labute approximate surface area is 65.6 Å². The van der Waals surface area contributed by atoms with E-state index in [2.05, 4.69) is 25.6 Å². The van der Waals surface area contributed by atoms with Crippen molar-refractivity contribution >= 4 is 11.6 Å². The summed E-state index contributed by atoms with van der Waals surface area (Å²) < 4.78 is 4.90. The van der Waals surface area contributed by atoms with Gasteiger partial charge in [-0.3, -0.25) is 0 Å². The Hall–Kier alpha value is -1.43. The second-order valence-electron chi connectivity index (χ2n) is 1.70. The van der Waals surface area contributed by atoms with E-state index in [0.717, 1.165) is 0 Å². The average Bonchev–Trinajstić information content (AvgIpc) is 2.55. The minimum Gasteiger partial charge on any atom is -0.422 e. The third-order valence-electron chi connectivity index (χ3n) is 1.01. The molecule has 0 atom stereocenters. The molecular weight excluding hydrogens is 170 g/mol. The third kappa shape index (κ3) is 1.07. The summed E-state index contributed by atoms with van der Waals surface area (Å²) >= 11 is 5.46. The number of nitrogens with zero attached hydrogens (tertiary/aromatic N) is 4. The lowest BCUT2D eigenvalue weighted by Crippen LogP contribution is -1.78. The minimum atomic E-state index is 0.199. The quantitative estimate of drug-likeness (QED) is 0.676. The molecule has 0 saturated carbocycles. The molecule has 0 fully saturated rings. The van der Waals surface area contributed by atoms with Gasteiger partial charge in [-0.15, -0.1) is 10.2 Å². The Morgan fingerprint density at radius 1 is 1.55 bits per heavy atom. The van der Waals surface area contributed by atoms with Gasteiger partial charge in [-0.2, -0.15) is 5.21 Å². The van der Waals surface area contributed by atoms with E-state index in [1.165, 1.54) is 6.20 Å². The number of tetrazole rings is 1. The molecule has 0 aliphatic heterocycles. The molecule has 0 unspecified atom stereocenters. The van der Waals surface area contributed by atoms with Crippen LogP contribution in [0.2, 0.25) is 5.22 Å². The van der Waals surface area contributed by atoms with Crippen molar-refractivity contribution in [2.75, 3.05) is 0 Å². The van der Waals surface area contributed by atoms with Crippen LogP contribution in [0.25, 0.3) is 11.7 Å². The number of oxazole rings is 1. The number of hydrogen-bond donors (Lipinski definition) is 1. The standard InChI is InChI=1S/C4H2ClN5O/c5-2-1-6-4(11-2)3-7-9-10-8-3/h1H,(H,7,8,9,10). The molecule has 0 aliphatic rings. The first-order chi connectivity index (χ1) is 5.36. The zero-order valence-corrected chi connectivity index (χ0v) is 5.91. The van der Waals surface area contributed by atoms with Crippen molar-refractivity contribution in [2.45, 2.75) is 0 Å². The molecule has 2 heterocycles. The second-order valence-corrected chi connectivity index (χ2v) is 2.08. The number of aromatic amines is 1. The highest BCUT2D eigenvalue weighted by Gasteiger charge is 2.08. The molecule has 1 N–H and O–H groups in total. The van der Waals surface area contributed by atoms with E-state index < -0.39 is 0 Å². The van der Waals surface area contributed by atoms with E-state index in [1.54, 1.807) is 0 Å². The summed E-state index contributed by atoms with van der Waals surface area (Å²) in [6, 6.07) is 0. The first-order valence-electron chi connectivity index (χ1n) is 2.71. The van der Waals surface area contributed by atoms with Crippen LogP contribution in [0.3, 0.4) is 0 Å². The summed E-state index contributed by atoms with van der Waals surface area (Å²) in [7, 11) is 0. The van der Waals surface area contributed by atoms with Crippen LogP contribution in [-0.2, 0) is 0 Å². The van der Waals surface area contributed by atoms with Crippen molar-refractivity contribution in [1.29, 1.82) is 0 Å². The number of halogens is 1. The smallest absolute Gasteiger partial charge is 0.270 e. The van der Waals surface area contributed by atoms with Gasteiger partial charge in [-0.1, -0.05) is 0 Å². The SMILES string of the molecule is Clc1cnc(-c2nn[nH]n2)o1. The van der Waals surface area contributed by atoms with Crippen molar-refractivity contribution < 1.29 is 4.42 Å². The van der Waals surface area contributed by atoms with Gasteiger partial charge < -0.3 is 4.42 Å². The Bertz CT molecular complexity index is 341. The zero-order valence-electron chi connectivity index (χ0n) is 5.15. The summed E-state index contributed by atoms with van der Waals surface area (Å²) in [6.07, 6.45) is 1.37. The fourth-order valence-electron chi connectivity index (χ4n) is 0.610. The molecule has 6 nitrogen and oxygen atoms in total. The average molecular weight is 172 g/mol. The first-order valence-corrected chi connectivity index (χ1v) is 3.09. The lowest BCUT2D eigenvalue weighted by molar-refractivity contribution is 0.571. The van der Waals surface area contributed by atoms with Crippen LogP contribution in [0.15, 0.2) is 10.6 Å². The molecule has 0 aromatic carbocycles.